The van der Waals surface area contributed by atoms with Gasteiger partial charge in [0.25, 0.3) is 0 Å². The molecule has 1 fully saturated rings. The minimum atomic E-state index is -0.551. The molecule has 62 valence electrons. The third-order valence-corrected chi connectivity index (χ3v) is 2.18. The molecule has 0 heterocycles. The highest BCUT2D eigenvalue weighted by atomic mass is 16.3. The second-order valence-corrected chi connectivity index (χ2v) is 2.96. The van der Waals surface area contributed by atoms with Crippen molar-refractivity contribution in [1.82, 2.24) is 0 Å². The Morgan fingerprint density at radius 1 is 1.36 bits per heavy atom. The van der Waals surface area contributed by atoms with Gasteiger partial charge in [-0.15, -0.1) is 0 Å². The van der Waals surface area contributed by atoms with Crippen molar-refractivity contribution in [3.63, 3.8) is 0 Å². The summed E-state index contributed by atoms with van der Waals surface area (Å²) >= 11 is 0. The molecule has 1 saturated carbocycles. The average Bonchev–Trinajstić information content (AvgIpc) is 1.99. The first-order valence-electron chi connectivity index (χ1n) is 3.84. The molecule has 2 atom stereocenters. The summed E-state index contributed by atoms with van der Waals surface area (Å²) in [6, 6.07) is 0. The lowest BCUT2D eigenvalue weighted by Crippen LogP contribution is -2.27. The Bertz CT molecular complexity index is 178. The van der Waals surface area contributed by atoms with Crippen LogP contribution in [0.2, 0.25) is 0 Å². The van der Waals surface area contributed by atoms with Crippen LogP contribution >= 0.6 is 0 Å². The Labute approximate surface area is 66.9 Å². The molecule has 2 heteroatoms. The Morgan fingerprint density at radius 2 is 1.82 bits per heavy atom. The fraction of sp³-hybridized carbons (Fsp3) is 0.556. The van der Waals surface area contributed by atoms with Crippen molar-refractivity contribution in [1.29, 1.82) is 0 Å². The van der Waals surface area contributed by atoms with Crippen LogP contribution in [0.1, 0.15) is 19.8 Å². The van der Waals surface area contributed by atoms with Crippen LogP contribution in [-0.2, 0) is 0 Å². The molecule has 0 spiro atoms. The molecule has 2 nitrogen and oxygen atoms in total. The molecular formula is C9H14O2. The molecule has 1 aliphatic rings. The molecule has 0 aliphatic heterocycles. The molecule has 0 aromatic carbocycles. The van der Waals surface area contributed by atoms with Crippen molar-refractivity contribution < 1.29 is 10.2 Å². The first-order valence-corrected chi connectivity index (χ1v) is 3.84. The van der Waals surface area contributed by atoms with Gasteiger partial charge in [-0.2, -0.15) is 0 Å². The SMILES string of the molecule is C=C1[C@H](O)CC(=CC)C[C@H]1O. The maximum Gasteiger partial charge on any atom is 0.0809 e. The third kappa shape index (κ3) is 1.70. The highest BCUT2D eigenvalue weighted by Gasteiger charge is 2.24. The summed E-state index contributed by atoms with van der Waals surface area (Å²) in [5.74, 6) is 0. The molecule has 1 aliphatic carbocycles. The van der Waals surface area contributed by atoms with Crippen LogP contribution in [0.3, 0.4) is 0 Å². The van der Waals surface area contributed by atoms with Crippen LogP contribution in [0, 0.1) is 0 Å². The molecule has 1 rings (SSSR count). The van der Waals surface area contributed by atoms with E-state index in [4.69, 9.17) is 0 Å². The van der Waals surface area contributed by atoms with Gasteiger partial charge in [-0.25, -0.2) is 0 Å². The number of allylic oxidation sites excluding steroid dienone is 1. The Morgan fingerprint density at radius 3 is 2.18 bits per heavy atom. The van der Waals surface area contributed by atoms with Crippen molar-refractivity contribution in [3.8, 4) is 0 Å². The normalized spacial score (nSPS) is 32.3. The largest absolute Gasteiger partial charge is 0.388 e. The quantitative estimate of drug-likeness (QED) is 0.511. The van der Waals surface area contributed by atoms with Crippen molar-refractivity contribution >= 4 is 0 Å². The smallest absolute Gasteiger partial charge is 0.0809 e. The lowest BCUT2D eigenvalue weighted by Gasteiger charge is -2.26. The summed E-state index contributed by atoms with van der Waals surface area (Å²) in [6.45, 7) is 5.54. The van der Waals surface area contributed by atoms with Crippen molar-refractivity contribution in [2.45, 2.75) is 32.0 Å². The first kappa shape index (κ1) is 8.50. The molecule has 0 saturated heterocycles. The highest BCUT2D eigenvalue weighted by Crippen LogP contribution is 2.26. The summed E-state index contributed by atoms with van der Waals surface area (Å²) in [7, 11) is 0. The van der Waals surface area contributed by atoms with Crippen molar-refractivity contribution in [3.05, 3.63) is 23.8 Å². The fourth-order valence-electron chi connectivity index (χ4n) is 1.30. The van der Waals surface area contributed by atoms with Gasteiger partial charge in [0, 0.05) is 0 Å². The lowest BCUT2D eigenvalue weighted by atomic mass is 9.87. The predicted molar refractivity (Wildman–Crippen MR) is 44.1 cm³/mol. The average molecular weight is 154 g/mol. The monoisotopic (exact) mass is 154 g/mol. The summed E-state index contributed by atoms with van der Waals surface area (Å²) in [5, 5.41) is 18.7. The molecular weight excluding hydrogens is 140 g/mol. The van der Waals surface area contributed by atoms with Gasteiger partial charge in [0.1, 0.15) is 0 Å². The number of rotatable bonds is 0. The van der Waals surface area contributed by atoms with Crippen LogP contribution in [0.15, 0.2) is 23.8 Å². The fourth-order valence-corrected chi connectivity index (χ4v) is 1.30. The molecule has 11 heavy (non-hydrogen) atoms. The molecule has 0 bridgehead atoms. The van der Waals surface area contributed by atoms with Gasteiger partial charge in [0.2, 0.25) is 0 Å². The van der Waals surface area contributed by atoms with Gasteiger partial charge >= 0.3 is 0 Å². The van der Waals surface area contributed by atoms with Crippen LogP contribution in [0.25, 0.3) is 0 Å². The van der Waals surface area contributed by atoms with E-state index in [9.17, 15) is 10.2 Å². The third-order valence-electron chi connectivity index (χ3n) is 2.18. The maximum absolute atomic E-state index is 9.35. The highest BCUT2D eigenvalue weighted by molar-refractivity contribution is 5.22. The summed E-state index contributed by atoms with van der Waals surface area (Å²) in [6.07, 6.45) is 2.10. The second-order valence-electron chi connectivity index (χ2n) is 2.96. The standard InChI is InChI=1S/C9H14O2/c1-3-7-4-8(10)6(2)9(11)5-7/h3,8-11H,2,4-5H2,1H3/t8-,9-/m1/s1. The molecule has 0 aromatic rings. The summed E-state index contributed by atoms with van der Waals surface area (Å²) in [5.41, 5.74) is 1.66. The minimum Gasteiger partial charge on any atom is -0.388 e. The van der Waals surface area contributed by atoms with E-state index < -0.39 is 12.2 Å². The van der Waals surface area contributed by atoms with Crippen LogP contribution in [0.5, 0.6) is 0 Å². The molecule has 2 N–H and O–H groups in total. The van der Waals surface area contributed by atoms with Gasteiger partial charge in [-0.05, 0) is 25.3 Å². The molecule has 0 aromatic heterocycles. The minimum absolute atomic E-state index is 0.551. The number of aliphatic hydroxyl groups excluding tert-OH is 2. The topological polar surface area (TPSA) is 40.5 Å². The lowest BCUT2D eigenvalue weighted by molar-refractivity contribution is 0.123. The zero-order valence-electron chi connectivity index (χ0n) is 6.75. The zero-order chi connectivity index (χ0) is 8.43. The summed E-state index contributed by atoms with van der Waals surface area (Å²) < 4.78 is 0. The van der Waals surface area contributed by atoms with Gasteiger partial charge in [0.05, 0.1) is 12.2 Å². The predicted octanol–water partition coefficient (Wildman–Crippen LogP) is 1.00. The van der Waals surface area contributed by atoms with Crippen LogP contribution in [0.4, 0.5) is 0 Å². The van der Waals surface area contributed by atoms with E-state index >= 15 is 0 Å². The van der Waals surface area contributed by atoms with E-state index in [-0.39, 0.29) is 0 Å². The molecule has 0 radical (unpaired) electrons. The molecule has 0 unspecified atom stereocenters. The number of aliphatic hydroxyl groups is 2. The van der Waals surface area contributed by atoms with Crippen LogP contribution < -0.4 is 0 Å². The van der Waals surface area contributed by atoms with E-state index in [0.29, 0.717) is 18.4 Å². The summed E-state index contributed by atoms with van der Waals surface area (Å²) in [4.78, 5) is 0. The molecule has 0 amide bonds. The van der Waals surface area contributed by atoms with E-state index in [1.54, 1.807) is 0 Å². The second kappa shape index (κ2) is 3.20. The van der Waals surface area contributed by atoms with Crippen molar-refractivity contribution in [2.24, 2.45) is 0 Å². The Kier molecular flexibility index (Phi) is 2.47. The van der Waals surface area contributed by atoms with E-state index in [1.807, 2.05) is 13.0 Å². The van der Waals surface area contributed by atoms with E-state index in [0.717, 1.165) is 5.57 Å². The van der Waals surface area contributed by atoms with Crippen LogP contribution in [-0.4, -0.2) is 22.4 Å². The van der Waals surface area contributed by atoms with Gasteiger partial charge < -0.3 is 10.2 Å². The van der Waals surface area contributed by atoms with Gasteiger partial charge in [0.15, 0.2) is 0 Å². The number of hydrogen-bond acceptors (Lipinski definition) is 2. The van der Waals surface area contributed by atoms with Gasteiger partial charge in [-0.3, -0.25) is 0 Å². The Balaban J connectivity index is 2.70. The van der Waals surface area contributed by atoms with Gasteiger partial charge in [-0.1, -0.05) is 18.2 Å². The maximum atomic E-state index is 9.35. The van der Waals surface area contributed by atoms with E-state index in [2.05, 4.69) is 6.58 Å². The first-order chi connectivity index (χ1) is 5.15. The van der Waals surface area contributed by atoms with Crippen molar-refractivity contribution in [2.75, 3.05) is 0 Å². The Hall–Kier alpha value is -0.600. The number of hydrogen-bond donors (Lipinski definition) is 2. The van der Waals surface area contributed by atoms with E-state index in [1.165, 1.54) is 0 Å². The zero-order valence-corrected chi connectivity index (χ0v) is 6.75.